The number of anilines is 2. The van der Waals surface area contributed by atoms with Crippen molar-refractivity contribution in [3.05, 3.63) is 72.0 Å². The number of tetrazole rings is 1. The van der Waals surface area contributed by atoms with Crippen LogP contribution in [0.2, 0.25) is 0 Å². The molecule has 2 amide bonds. The number of hydrogen-bond acceptors (Lipinski definition) is 6. The van der Waals surface area contributed by atoms with Crippen LogP contribution in [0.15, 0.2) is 65.6 Å². The summed E-state index contributed by atoms with van der Waals surface area (Å²) < 4.78 is 78.2. The Hall–Kier alpha value is -4.37. The van der Waals surface area contributed by atoms with Gasteiger partial charge in [0.15, 0.2) is 0 Å². The number of urea groups is 1. The Morgan fingerprint density at radius 2 is 1.55 bits per heavy atom. The molecule has 1 aromatic heterocycles. The molecule has 0 saturated heterocycles. The number of carbonyl (C=O) groups is 1. The molecule has 1 heterocycles. The third kappa shape index (κ3) is 5.63. The Kier molecular flexibility index (Phi) is 7.15. The van der Waals surface area contributed by atoms with E-state index in [0.29, 0.717) is 28.8 Å². The number of aromatic amines is 1. The molecule has 198 valence electrons. The SMILES string of the molecule is CN(C)S(=O)(=O)c1ccc(-c2ccc(NC(=O)Nc3ccc(F)c(C(F)(F)F)c3)cc2-c2nn[nH]n2)cc1. The zero-order valence-corrected chi connectivity index (χ0v) is 20.5. The summed E-state index contributed by atoms with van der Waals surface area (Å²) in [6.45, 7) is 0. The summed E-state index contributed by atoms with van der Waals surface area (Å²) in [5, 5.41) is 18.5. The fraction of sp³-hybridized carbons (Fsp3) is 0.130. The highest BCUT2D eigenvalue weighted by molar-refractivity contribution is 7.89. The zero-order chi connectivity index (χ0) is 27.7. The van der Waals surface area contributed by atoms with Crippen LogP contribution >= 0.6 is 0 Å². The van der Waals surface area contributed by atoms with E-state index in [1.165, 1.54) is 38.4 Å². The van der Waals surface area contributed by atoms with Crippen LogP contribution < -0.4 is 10.6 Å². The Morgan fingerprint density at radius 3 is 2.13 bits per heavy atom. The van der Waals surface area contributed by atoms with Crippen molar-refractivity contribution in [3.63, 3.8) is 0 Å². The van der Waals surface area contributed by atoms with Crippen LogP contribution in [0, 0.1) is 5.82 Å². The zero-order valence-electron chi connectivity index (χ0n) is 19.7. The van der Waals surface area contributed by atoms with E-state index in [4.69, 9.17) is 0 Å². The van der Waals surface area contributed by atoms with Gasteiger partial charge in [0.25, 0.3) is 0 Å². The number of benzene rings is 3. The molecule has 4 rings (SSSR count). The molecular weight excluding hydrogens is 530 g/mol. The van der Waals surface area contributed by atoms with E-state index in [2.05, 4.69) is 31.3 Å². The van der Waals surface area contributed by atoms with Crippen molar-refractivity contribution in [2.24, 2.45) is 0 Å². The number of sulfonamides is 1. The van der Waals surface area contributed by atoms with Crippen LogP contribution in [0.25, 0.3) is 22.5 Å². The second-order valence-electron chi connectivity index (χ2n) is 8.08. The first kappa shape index (κ1) is 26.7. The molecule has 0 aliphatic rings. The Bertz CT molecular complexity index is 1570. The normalized spacial score (nSPS) is 12.0. The van der Waals surface area contributed by atoms with Crippen molar-refractivity contribution < 1.29 is 30.8 Å². The molecule has 4 aromatic rings. The van der Waals surface area contributed by atoms with E-state index in [0.717, 1.165) is 10.4 Å². The highest BCUT2D eigenvalue weighted by Crippen LogP contribution is 2.34. The second kappa shape index (κ2) is 10.2. The average molecular weight is 550 g/mol. The van der Waals surface area contributed by atoms with Crippen molar-refractivity contribution in [3.8, 4) is 22.5 Å². The van der Waals surface area contributed by atoms with Gasteiger partial charge in [-0.1, -0.05) is 18.2 Å². The molecule has 10 nitrogen and oxygen atoms in total. The number of nitrogens with one attached hydrogen (secondary N) is 3. The van der Waals surface area contributed by atoms with Crippen LogP contribution in [0.4, 0.5) is 33.7 Å². The van der Waals surface area contributed by atoms with E-state index in [1.807, 2.05) is 0 Å². The molecule has 0 spiro atoms. The van der Waals surface area contributed by atoms with Gasteiger partial charge in [0.2, 0.25) is 15.8 Å². The number of rotatable bonds is 6. The largest absolute Gasteiger partial charge is 0.419 e. The number of carbonyl (C=O) groups excluding carboxylic acids is 1. The number of hydrogen-bond donors (Lipinski definition) is 3. The van der Waals surface area contributed by atoms with Crippen molar-refractivity contribution >= 4 is 27.4 Å². The lowest BCUT2D eigenvalue weighted by molar-refractivity contribution is -0.139. The fourth-order valence-electron chi connectivity index (χ4n) is 3.47. The van der Waals surface area contributed by atoms with Crippen LogP contribution in [0.5, 0.6) is 0 Å². The number of amides is 2. The lowest BCUT2D eigenvalue weighted by atomic mass is 9.98. The minimum Gasteiger partial charge on any atom is -0.308 e. The maximum Gasteiger partial charge on any atom is 0.419 e. The van der Waals surface area contributed by atoms with Gasteiger partial charge in [0, 0.05) is 31.0 Å². The molecule has 0 unspecified atom stereocenters. The third-order valence-corrected chi connectivity index (χ3v) is 7.17. The first-order valence-electron chi connectivity index (χ1n) is 10.7. The molecule has 0 fully saturated rings. The van der Waals surface area contributed by atoms with Gasteiger partial charge in [0.05, 0.1) is 10.5 Å². The molecule has 0 aliphatic heterocycles. The van der Waals surface area contributed by atoms with Gasteiger partial charge >= 0.3 is 12.2 Å². The first-order chi connectivity index (χ1) is 17.9. The highest BCUT2D eigenvalue weighted by atomic mass is 32.2. The quantitative estimate of drug-likeness (QED) is 0.302. The van der Waals surface area contributed by atoms with Crippen molar-refractivity contribution in [1.82, 2.24) is 24.9 Å². The number of halogens is 4. The van der Waals surface area contributed by atoms with Gasteiger partial charge in [0.1, 0.15) is 5.82 Å². The van der Waals surface area contributed by atoms with Gasteiger partial charge in [-0.05, 0) is 58.8 Å². The van der Waals surface area contributed by atoms with Crippen LogP contribution in [-0.2, 0) is 16.2 Å². The monoisotopic (exact) mass is 549 g/mol. The van der Waals surface area contributed by atoms with Crippen molar-refractivity contribution in [1.29, 1.82) is 0 Å². The molecule has 3 N–H and O–H groups in total. The summed E-state index contributed by atoms with van der Waals surface area (Å²) in [6.07, 6.45) is -4.93. The highest BCUT2D eigenvalue weighted by Gasteiger charge is 2.34. The summed E-state index contributed by atoms with van der Waals surface area (Å²) >= 11 is 0. The topological polar surface area (TPSA) is 133 Å². The smallest absolute Gasteiger partial charge is 0.308 e. The average Bonchev–Trinajstić information content (AvgIpc) is 3.39. The number of alkyl halides is 3. The standard InChI is InChI=1S/C23H19F4N7O3S/c1-34(2)38(36,37)16-7-3-13(4-8-16)17-9-5-14(11-18(17)21-30-32-33-31-21)28-22(35)29-15-6-10-20(24)19(12-15)23(25,26)27/h3-12H,1-2H3,(H2,28,29,35)(H,30,31,32,33). The fourth-order valence-corrected chi connectivity index (χ4v) is 4.37. The molecule has 0 aliphatic carbocycles. The predicted octanol–water partition coefficient (Wildman–Crippen LogP) is 4.59. The first-order valence-corrected chi connectivity index (χ1v) is 12.2. The summed E-state index contributed by atoms with van der Waals surface area (Å²) in [5.41, 5.74) is 0.0726. The van der Waals surface area contributed by atoms with E-state index in [9.17, 15) is 30.8 Å². The van der Waals surface area contributed by atoms with Crippen LogP contribution in [0.1, 0.15) is 5.56 Å². The number of H-pyrrole nitrogens is 1. The number of nitrogens with zero attached hydrogens (tertiary/aromatic N) is 4. The Labute approximate surface area is 213 Å². The lowest BCUT2D eigenvalue weighted by Crippen LogP contribution is -2.22. The van der Waals surface area contributed by atoms with Gasteiger partial charge in [-0.3, -0.25) is 0 Å². The molecule has 3 aromatic carbocycles. The molecule has 0 radical (unpaired) electrons. The van der Waals surface area contributed by atoms with E-state index in [-0.39, 0.29) is 22.1 Å². The summed E-state index contributed by atoms with van der Waals surface area (Å²) in [5.74, 6) is -1.29. The van der Waals surface area contributed by atoms with E-state index < -0.39 is 33.6 Å². The van der Waals surface area contributed by atoms with Crippen LogP contribution in [-0.4, -0.2) is 53.5 Å². The van der Waals surface area contributed by atoms with Gasteiger partial charge in [-0.2, -0.15) is 18.4 Å². The summed E-state index contributed by atoms with van der Waals surface area (Å²) in [6, 6.07) is 12.0. The Morgan fingerprint density at radius 1 is 0.921 bits per heavy atom. The maximum absolute atomic E-state index is 13.5. The molecule has 15 heteroatoms. The Balaban J connectivity index is 1.61. The van der Waals surface area contributed by atoms with Gasteiger partial charge in [-0.25, -0.2) is 21.9 Å². The predicted molar refractivity (Wildman–Crippen MR) is 130 cm³/mol. The van der Waals surface area contributed by atoms with E-state index >= 15 is 0 Å². The molecular formula is C23H19F4N7O3S. The minimum absolute atomic E-state index is 0.0943. The second-order valence-corrected chi connectivity index (χ2v) is 10.2. The van der Waals surface area contributed by atoms with Crippen molar-refractivity contribution in [2.75, 3.05) is 24.7 Å². The maximum atomic E-state index is 13.5. The van der Waals surface area contributed by atoms with Crippen molar-refractivity contribution in [2.45, 2.75) is 11.1 Å². The minimum atomic E-state index is -4.93. The molecule has 0 saturated carbocycles. The van der Waals surface area contributed by atoms with Gasteiger partial charge < -0.3 is 10.6 Å². The lowest BCUT2D eigenvalue weighted by Gasteiger charge is -2.14. The van der Waals surface area contributed by atoms with Gasteiger partial charge in [-0.15, -0.1) is 10.2 Å². The molecule has 38 heavy (non-hydrogen) atoms. The third-order valence-electron chi connectivity index (χ3n) is 5.34. The number of aromatic nitrogens is 4. The summed E-state index contributed by atoms with van der Waals surface area (Å²) in [7, 11) is -0.790. The molecule has 0 bridgehead atoms. The summed E-state index contributed by atoms with van der Waals surface area (Å²) in [4.78, 5) is 12.6. The molecule has 0 atom stereocenters. The van der Waals surface area contributed by atoms with Crippen LogP contribution in [0.3, 0.4) is 0 Å². The van der Waals surface area contributed by atoms with E-state index in [1.54, 1.807) is 18.2 Å².